The molecule has 2 atom stereocenters. The van der Waals surface area contributed by atoms with E-state index in [9.17, 15) is 0 Å². The number of nitrogens with one attached hydrogen (secondary N) is 1. The van der Waals surface area contributed by atoms with Crippen LogP contribution in [0.4, 0.5) is 0 Å². The fourth-order valence-electron chi connectivity index (χ4n) is 3.60. The summed E-state index contributed by atoms with van der Waals surface area (Å²) in [5.41, 5.74) is 0. The van der Waals surface area contributed by atoms with Gasteiger partial charge < -0.3 is 19.5 Å². The maximum absolute atomic E-state index is 6.14. The normalized spacial score (nSPS) is 33.0. The molecule has 4 heteroatoms. The summed E-state index contributed by atoms with van der Waals surface area (Å²) in [5, 5.41) is 3.65. The molecule has 0 aromatic carbocycles. The van der Waals surface area contributed by atoms with Gasteiger partial charge in [-0.1, -0.05) is 12.8 Å². The van der Waals surface area contributed by atoms with Gasteiger partial charge in [0.25, 0.3) is 0 Å². The summed E-state index contributed by atoms with van der Waals surface area (Å²) in [6.07, 6.45) is 7.55. The highest BCUT2D eigenvalue weighted by Crippen LogP contribution is 2.33. The molecule has 4 nitrogen and oxygen atoms in total. The van der Waals surface area contributed by atoms with Crippen LogP contribution in [0.25, 0.3) is 0 Å². The minimum atomic E-state index is -0.332. The maximum Gasteiger partial charge on any atom is 0.173 e. The van der Waals surface area contributed by atoms with Crippen molar-refractivity contribution in [3.05, 3.63) is 0 Å². The largest absolute Gasteiger partial charge is 0.381 e. The van der Waals surface area contributed by atoms with E-state index >= 15 is 0 Å². The number of hydrogen-bond donors (Lipinski definition) is 1. The fourth-order valence-corrected chi connectivity index (χ4v) is 3.60. The Morgan fingerprint density at radius 3 is 2.68 bits per heavy atom. The topological polar surface area (TPSA) is 39.7 Å². The molecule has 0 amide bonds. The van der Waals surface area contributed by atoms with Gasteiger partial charge in [0.1, 0.15) is 0 Å². The zero-order valence-electron chi connectivity index (χ0n) is 12.0. The van der Waals surface area contributed by atoms with Gasteiger partial charge in [-0.25, -0.2) is 0 Å². The van der Waals surface area contributed by atoms with Gasteiger partial charge in [0.15, 0.2) is 5.79 Å². The molecule has 0 aromatic heterocycles. The molecule has 0 radical (unpaired) electrons. The Kier molecular flexibility index (Phi) is 4.42. The van der Waals surface area contributed by atoms with Crippen LogP contribution in [0.2, 0.25) is 0 Å². The molecule has 2 aliphatic heterocycles. The highest BCUT2D eigenvalue weighted by atomic mass is 16.7. The van der Waals surface area contributed by atoms with E-state index in [1.807, 2.05) is 0 Å². The standard InChI is InChI=1S/C15H27NO3/c1-12(13-4-2-3-5-13)16-10-14-11-18-15(19-14)6-8-17-9-7-15/h12-14,16H,2-11H2,1H3/t12-,14+/m1/s1. The summed E-state index contributed by atoms with van der Waals surface area (Å²) in [6, 6.07) is 0.609. The van der Waals surface area contributed by atoms with Crippen LogP contribution < -0.4 is 5.32 Å². The lowest BCUT2D eigenvalue weighted by atomic mass is 10.00. The van der Waals surface area contributed by atoms with Gasteiger partial charge in [-0.3, -0.25) is 0 Å². The Bertz CT molecular complexity index is 285. The minimum Gasteiger partial charge on any atom is -0.381 e. The van der Waals surface area contributed by atoms with Gasteiger partial charge >= 0.3 is 0 Å². The summed E-state index contributed by atoms with van der Waals surface area (Å²) in [6.45, 7) is 5.48. The Morgan fingerprint density at radius 1 is 1.21 bits per heavy atom. The van der Waals surface area contributed by atoms with Crippen molar-refractivity contribution in [2.24, 2.45) is 5.92 Å². The molecule has 1 aliphatic carbocycles. The van der Waals surface area contributed by atoms with Crippen LogP contribution in [0.15, 0.2) is 0 Å². The van der Waals surface area contributed by atoms with Crippen LogP contribution >= 0.6 is 0 Å². The molecule has 3 rings (SSSR count). The molecule has 2 saturated heterocycles. The average Bonchev–Trinajstić information content (AvgIpc) is 3.08. The monoisotopic (exact) mass is 269 g/mol. The second kappa shape index (κ2) is 6.08. The maximum atomic E-state index is 6.14. The first kappa shape index (κ1) is 13.8. The third-order valence-electron chi connectivity index (χ3n) is 4.94. The quantitative estimate of drug-likeness (QED) is 0.848. The second-order valence-corrected chi connectivity index (χ2v) is 6.32. The van der Waals surface area contributed by atoms with Crippen molar-refractivity contribution < 1.29 is 14.2 Å². The van der Waals surface area contributed by atoms with E-state index in [1.165, 1.54) is 25.7 Å². The highest BCUT2D eigenvalue weighted by molar-refractivity contribution is 4.84. The number of hydrogen-bond acceptors (Lipinski definition) is 4. The summed E-state index contributed by atoms with van der Waals surface area (Å²) in [5.74, 6) is 0.528. The van der Waals surface area contributed by atoms with Gasteiger partial charge in [0, 0.05) is 25.4 Å². The van der Waals surface area contributed by atoms with Gasteiger partial charge in [0.05, 0.1) is 25.9 Å². The van der Waals surface area contributed by atoms with Crippen LogP contribution in [0.3, 0.4) is 0 Å². The van der Waals surface area contributed by atoms with Crippen molar-refractivity contribution in [2.75, 3.05) is 26.4 Å². The smallest absolute Gasteiger partial charge is 0.173 e. The van der Waals surface area contributed by atoms with E-state index in [4.69, 9.17) is 14.2 Å². The Balaban J connectivity index is 1.41. The van der Waals surface area contributed by atoms with Crippen molar-refractivity contribution >= 4 is 0 Å². The van der Waals surface area contributed by atoms with Crippen molar-refractivity contribution in [2.45, 2.75) is 63.4 Å². The zero-order valence-corrected chi connectivity index (χ0v) is 12.0. The molecule has 0 unspecified atom stereocenters. The number of ether oxygens (including phenoxy) is 3. The van der Waals surface area contributed by atoms with Crippen LogP contribution in [0.5, 0.6) is 0 Å². The van der Waals surface area contributed by atoms with Crippen LogP contribution in [-0.4, -0.2) is 44.3 Å². The lowest BCUT2D eigenvalue weighted by Gasteiger charge is -2.32. The van der Waals surface area contributed by atoms with Crippen molar-refractivity contribution in [1.29, 1.82) is 0 Å². The summed E-state index contributed by atoms with van der Waals surface area (Å²) >= 11 is 0. The van der Waals surface area contributed by atoms with E-state index in [0.29, 0.717) is 6.04 Å². The Labute approximate surface area is 116 Å². The summed E-state index contributed by atoms with van der Waals surface area (Å²) in [4.78, 5) is 0. The Morgan fingerprint density at radius 2 is 1.95 bits per heavy atom. The van der Waals surface area contributed by atoms with E-state index in [2.05, 4.69) is 12.2 Å². The lowest BCUT2D eigenvalue weighted by Crippen LogP contribution is -2.41. The van der Waals surface area contributed by atoms with Crippen LogP contribution in [0, 0.1) is 5.92 Å². The van der Waals surface area contributed by atoms with Gasteiger partial charge in [-0.15, -0.1) is 0 Å². The van der Waals surface area contributed by atoms with Crippen LogP contribution in [-0.2, 0) is 14.2 Å². The molecule has 0 bridgehead atoms. The molecule has 0 aromatic rings. The summed E-state index contributed by atoms with van der Waals surface area (Å²) < 4.78 is 17.4. The van der Waals surface area contributed by atoms with Crippen molar-refractivity contribution in [3.63, 3.8) is 0 Å². The molecule has 19 heavy (non-hydrogen) atoms. The van der Waals surface area contributed by atoms with Crippen LogP contribution in [0.1, 0.15) is 45.4 Å². The first-order chi connectivity index (χ1) is 9.27. The second-order valence-electron chi connectivity index (χ2n) is 6.32. The predicted octanol–water partition coefficient (Wildman–Crippen LogP) is 2.08. The van der Waals surface area contributed by atoms with E-state index in [-0.39, 0.29) is 11.9 Å². The lowest BCUT2D eigenvalue weighted by molar-refractivity contribution is -0.210. The van der Waals surface area contributed by atoms with Gasteiger partial charge in [-0.05, 0) is 25.7 Å². The first-order valence-electron chi connectivity index (χ1n) is 7.90. The van der Waals surface area contributed by atoms with Crippen molar-refractivity contribution in [1.82, 2.24) is 5.32 Å². The van der Waals surface area contributed by atoms with Gasteiger partial charge in [-0.2, -0.15) is 0 Å². The fraction of sp³-hybridized carbons (Fsp3) is 1.00. The third-order valence-corrected chi connectivity index (χ3v) is 4.94. The summed E-state index contributed by atoms with van der Waals surface area (Å²) in [7, 11) is 0. The van der Waals surface area contributed by atoms with E-state index in [1.54, 1.807) is 0 Å². The first-order valence-corrected chi connectivity index (χ1v) is 7.90. The Hall–Kier alpha value is -0.160. The average molecular weight is 269 g/mol. The molecule has 3 aliphatic rings. The van der Waals surface area contributed by atoms with Gasteiger partial charge in [0.2, 0.25) is 0 Å². The third kappa shape index (κ3) is 3.30. The van der Waals surface area contributed by atoms with Crippen molar-refractivity contribution in [3.8, 4) is 0 Å². The minimum absolute atomic E-state index is 0.210. The number of rotatable bonds is 4. The molecule has 3 fully saturated rings. The molecular formula is C15H27NO3. The van der Waals surface area contributed by atoms with E-state index < -0.39 is 0 Å². The molecule has 1 spiro atoms. The molecule has 1 saturated carbocycles. The zero-order chi connectivity index (χ0) is 13.1. The molecule has 1 N–H and O–H groups in total. The molecule has 2 heterocycles. The predicted molar refractivity (Wildman–Crippen MR) is 73.0 cm³/mol. The highest BCUT2D eigenvalue weighted by Gasteiger charge is 2.42. The molecular weight excluding hydrogens is 242 g/mol. The van der Waals surface area contributed by atoms with E-state index in [0.717, 1.165) is 45.1 Å². The molecule has 110 valence electrons. The SMILES string of the molecule is C[C@@H](NC[C@H]1COC2(CCOCC2)O1)C1CCCC1.